The summed E-state index contributed by atoms with van der Waals surface area (Å²) in [6.45, 7) is 3.80. The second kappa shape index (κ2) is 6.07. The lowest BCUT2D eigenvalue weighted by atomic mass is 10.2. The number of imidazole rings is 1. The molecule has 24 heavy (non-hydrogen) atoms. The highest BCUT2D eigenvalue weighted by Crippen LogP contribution is 2.28. The Morgan fingerprint density at radius 2 is 2.00 bits per heavy atom. The lowest BCUT2D eigenvalue weighted by Gasteiger charge is -2.30. The Hall–Kier alpha value is -2.11. The molecule has 122 valence electrons. The number of fused-ring (bicyclic) bond motifs is 3. The maximum absolute atomic E-state index is 6.20. The third-order valence-electron chi connectivity index (χ3n) is 4.39. The van der Waals surface area contributed by atoms with Crippen LogP contribution in [0.5, 0.6) is 0 Å². The number of rotatable bonds is 1. The first-order valence-corrected chi connectivity index (χ1v) is 8.72. The van der Waals surface area contributed by atoms with Gasteiger partial charge in [-0.2, -0.15) is 0 Å². The topological polar surface area (TPSA) is 33.1 Å². The molecule has 0 saturated carbocycles. The number of anilines is 2. The van der Waals surface area contributed by atoms with Crippen LogP contribution in [0.3, 0.4) is 0 Å². The summed E-state index contributed by atoms with van der Waals surface area (Å²) in [4.78, 5) is 6.84. The van der Waals surface area contributed by atoms with Gasteiger partial charge in [0.05, 0.1) is 11.0 Å². The minimum atomic E-state index is 0.650. The molecule has 2 aromatic carbocycles. The van der Waals surface area contributed by atoms with Crippen LogP contribution in [0.2, 0.25) is 5.02 Å². The Balaban J connectivity index is 1.68. The lowest BCUT2D eigenvalue weighted by Crippen LogP contribution is -2.40. The lowest BCUT2D eigenvalue weighted by molar-refractivity contribution is 0.612. The molecule has 4 nitrogen and oxygen atoms in total. The van der Waals surface area contributed by atoms with Gasteiger partial charge in [-0.05, 0) is 55.4 Å². The van der Waals surface area contributed by atoms with E-state index in [9.17, 15) is 0 Å². The van der Waals surface area contributed by atoms with Crippen molar-refractivity contribution in [1.29, 1.82) is 0 Å². The predicted octanol–water partition coefficient (Wildman–Crippen LogP) is 4.61. The van der Waals surface area contributed by atoms with Gasteiger partial charge < -0.3 is 9.88 Å². The SMILES string of the molecule is Cc1c(Cl)cccc1NC(=S)N1CCCn2c1nc1ccccc12. The molecule has 0 unspecified atom stereocenters. The van der Waals surface area contributed by atoms with Gasteiger partial charge in [0.25, 0.3) is 0 Å². The number of aryl methyl sites for hydroxylation is 1. The molecule has 0 radical (unpaired) electrons. The smallest absolute Gasteiger partial charge is 0.212 e. The molecule has 3 aromatic rings. The van der Waals surface area contributed by atoms with Gasteiger partial charge in [0.1, 0.15) is 0 Å². The number of benzene rings is 2. The van der Waals surface area contributed by atoms with E-state index in [0.717, 1.165) is 52.8 Å². The van der Waals surface area contributed by atoms with Gasteiger partial charge in [-0.1, -0.05) is 29.8 Å². The van der Waals surface area contributed by atoms with Gasteiger partial charge in [-0.15, -0.1) is 0 Å². The van der Waals surface area contributed by atoms with Crippen LogP contribution in [0.25, 0.3) is 11.0 Å². The Kier molecular flexibility index (Phi) is 3.90. The predicted molar refractivity (Wildman–Crippen MR) is 104 cm³/mol. The Morgan fingerprint density at radius 3 is 2.88 bits per heavy atom. The van der Waals surface area contributed by atoms with Crippen molar-refractivity contribution in [3.8, 4) is 0 Å². The maximum Gasteiger partial charge on any atom is 0.212 e. The number of para-hydroxylation sites is 2. The zero-order chi connectivity index (χ0) is 16.7. The van der Waals surface area contributed by atoms with Gasteiger partial charge >= 0.3 is 0 Å². The number of thiocarbonyl (C=S) groups is 1. The molecule has 0 atom stereocenters. The molecule has 4 rings (SSSR count). The van der Waals surface area contributed by atoms with E-state index in [-0.39, 0.29) is 0 Å². The second-order valence-corrected chi connectivity index (χ2v) is 6.69. The van der Waals surface area contributed by atoms with E-state index in [4.69, 9.17) is 28.8 Å². The zero-order valence-corrected chi connectivity index (χ0v) is 14.9. The van der Waals surface area contributed by atoms with E-state index in [2.05, 4.69) is 20.9 Å². The monoisotopic (exact) mass is 356 g/mol. The fourth-order valence-corrected chi connectivity index (χ4v) is 3.55. The minimum Gasteiger partial charge on any atom is -0.332 e. The third kappa shape index (κ3) is 2.54. The highest BCUT2D eigenvalue weighted by Gasteiger charge is 2.24. The molecule has 1 N–H and O–H groups in total. The van der Waals surface area contributed by atoms with E-state index in [1.807, 2.05) is 43.3 Å². The first-order valence-electron chi connectivity index (χ1n) is 7.94. The number of nitrogens with one attached hydrogen (secondary N) is 1. The van der Waals surface area contributed by atoms with Crippen molar-refractivity contribution in [1.82, 2.24) is 9.55 Å². The molecule has 1 aromatic heterocycles. The maximum atomic E-state index is 6.20. The number of halogens is 1. The van der Waals surface area contributed by atoms with Crippen LogP contribution < -0.4 is 10.2 Å². The van der Waals surface area contributed by atoms with E-state index >= 15 is 0 Å². The van der Waals surface area contributed by atoms with Crippen molar-refractivity contribution in [2.45, 2.75) is 19.9 Å². The Morgan fingerprint density at radius 1 is 1.17 bits per heavy atom. The number of nitrogens with zero attached hydrogens (tertiary/aromatic N) is 3. The number of aromatic nitrogens is 2. The Labute approximate surface area is 151 Å². The molecule has 1 aliphatic rings. The highest BCUT2D eigenvalue weighted by molar-refractivity contribution is 7.80. The van der Waals surface area contributed by atoms with E-state index in [0.29, 0.717) is 5.11 Å². The second-order valence-electron chi connectivity index (χ2n) is 5.90. The summed E-state index contributed by atoms with van der Waals surface area (Å²) >= 11 is 11.9. The molecule has 0 spiro atoms. The quantitative estimate of drug-likeness (QED) is 0.646. The minimum absolute atomic E-state index is 0.650. The van der Waals surface area contributed by atoms with E-state index in [1.54, 1.807) is 0 Å². The summed E-state index contributed by atoms with van der Waals surface area (Å²) in [5.74, 6) is 0.902. The molecule has 0 fully saturated rings. The molecule has 6 heteroatoms. The van der Waals surface area contributed by atoms with Crippen LogP contribution in [-0.2, 0) is 6.54 Å². The summed E-state index contributed by atoms with van der Waals surface area (Å²) < 4.78 is 2.23. The van der Waals surface area contributed by atoms with Gasteiger partial charge in [0, 0.05) is 23.8 Å². The number of hydrogen-bond donors (Lipinski definition) is 1. The van der Waals surface area contributed by atoms with Crippen LogP contribution in [-0.4, -0.2) is 21.2 Å². The van der Waals surface area contributed by atoms with Crippen molar-refractivity contribution >= 4 is 51.6 Å². The molecule has 1 aliphatic heterocycles. The summed E-state index contributed by atoms with van der Waals surface area (Å²) in [6.07, 6.45) is 1.03. The van der Waals surface area contributed by atoms with E-state index < -0.39 is 0 Å². The van der Waals surface area contributed by atoms with Crippen molar-refractivity contribution in [2.24, 2.45) is 0 Å². The summed E-state index contributed by atoms with van der Waals surface area (Å²) in [7, 11) is 0. The Bertz CT molecular complexity index is 934. The molecule has 0 amide bonds. The molecular weight excluding hydrogens is 340 g/mol. The van der Waals surface area contributed by atoms with Crippen LogP contribution in [0.4, 0.5) is 11.6 Å². The standard InChI is InChI=1S/C18H17ClN4S/c1-12-13(19)6-4-8-14(12)21-18(24)23-11-5-10-22-16-9-3-2-7-15(16)20-17(22)23/h2-4,6-9H,5,10-11H2,1H3,(H,21,24). The highest BCUT2D eigenvalue weighted by atomic mass is 35.5. The zero-order valence-electron chi connectivity index (χ0n) is 13.3. The van der Waals surface area contributed by atoms with E-state index in [1.165, 1.54) is 0 Å². The molecular formula is C18H17ClN4S. The largest absolute Gasteiger partial charge is 0.332 e. The molecule has 0 saturated heterocycles. The van der Waals surface area contributed by atoms with Crippen molar-refractivity contribution < 1.29 is 0 Å². The summed E-state index contributed by atoms with van der Waals surface area (Å²) in [6, 6.07) is 14.0. The summed E-state index contributed by atoms with van der Waals surface area (Å²) in [5.41, 5.74) is 4.08. The third-order valence-corrected chi connectivity index (χ3v) is 5.13. The fourth-order valence-electron chi connectivity index (χ4n) is 3.09. The molecule has 2 heterocycles. The number of hydrogen-bond acceptors (Lipinski definition) is 2. The van der Waals surface area contributed by atoms with Gasteiger partial charge in [0.15, 0.2) is 5.11 Å². The average Bonchev–Trinajstić information content (AvgIpc) is 2.97. The van der Waals surface area contributed by atoms with Crippen LogP contribution in [0, 0.1) is 6.92 Å². The summed E-state index contributed by atoms with van der Waals surface area (Å²) in [5, 5.41) is 4.71. The average molecular weight is 357 g/mol. The first-order chi connectivity index (χ1) is 11.6. The van der Waals surface area contributed by atoms with Crippen LogP contribution in [0.15, 0.2) is 42.5 Å². The van der Waals surface area contributed by atoms with Crippen LogP contribution in [0.1, 0.15) is 12.0 Å². The van der Waals surface area contributed by atoms with Gasteiger partial charge in [0.2, 0.25) is 5.95 Å². The molecule has 0 bridgehead atoms. The van der Waals surface area contributed by atoms with Gasteiger partial charge in [-0.25, -0.2) is 4.98 Å². The van der Waals surface area contributed by atoms with Crippen molar-refractivity contribution in [3.05, 3.63) is 53.1 Å². The van der Waals surface area contributed by atoms with Crippen molar-refractivity contribution in [3.63, 3.8) is 0 Å². The van der Waals surface area contributed by atoms with Crippen molar-refractivity contribution in [2.75, 3.05) is 16.8 Å². The molecule has 0 aliphatic carbocycles. The fraction of sp³-hybridized carbons (Fsp3) is 0.222. The van der Waals surface area contributed by atoms with Gasteiger partial charge in [-0.3, -0.25) is 4.90 Å². The normalized spacial score (nSPS) is 13.8. The van der Waals surface area contributed by atoms with Crippen LogP contribution >= 0.6 is 23.8 Å². The first kappa shape index (κ1) is 15.4.